The number of fused-ring (bicyclic) bond motifs is 1. The average molecular weight is 466 g/mol. The number of carbonyl (C=O) groups is 1. The maximum Gasteiger partial charge on any atom is 0.161 e. The van der Waals surface area contributed by atoms with E-state index in [0.29, 0.717) is 42.3 Å². The van der Waals surface area contributed by atoms with E-state index in [1.165, 1.54) is 19.4 Å². The zero-order valence-electron chi connectivity index (χ0n) is 18.5. The molecule has 0 aromatic heterocycles. The van der Waals surface area contributed by atoms with E-state index < -0.39 is 0 Å². The number of hydrogen-bond acceptors (Lipinski definition) is 4. The maximum absolute atomic E-state index is 12.4. The fourth-order valence-electron chi connectivity index (χ4n) is 5.98. The Morgan fingerprint density at radius 2 is 2.07 bits per heavy atom. The van der Waals surface area contributed by atoms with Crippen molar-refractivity contribution < 1.29 is 14.6 Å². The smallest absolute Gasteiger partial charge is 0.161 e. The van der Waals surface area contributed by atoms with Crippen molar-refractivity contribution in [1.82, 2.24) is 4.90 Å². The van der Waals surface area contributed by atoms with Gasteiger partial charge in [0.05, 0.1) is 7.11 Å². The van der Waals surface area contributed by atoms with E-state index in [1.54, 1.807) is 13.2 Å². The van der Waals surface area contributed by atoms with Crippen molar-refractivity contribution in [3.8, 4) is 0 Å². The van der Waals surface area contributed by atoms with Crippen molar-refractivity contribution in [2.45, 2.75) is 65.3 Å². The van der Waals surface area contributed by atoms with Crippen LogP contribution >= 0.6 is 15.9 Å². The Hall–Kier alpha value is -1.07. The molecule has 3 fully saturated rings. The number of rotatable bonds is 6. The molecule has 0 radical (unpaired) electrons. The molecule has 5 heteroatoms. The Balaban J connectivity index is 0.00000117. The van der Waals surface area contributed by atoms with E-state index in [9.17, 15) is 9.90 Å². The van der Waals surface area contributed by atoms with Crippen LogP contribution in [0.4, 0.5) is 0 Å². The largest absolute Gasteiger partial charge is 0.504 e. The molecule has 162 valence electrons. The second-order valence-corrected chi connectivity index (χ2v) is 10.2. The number of Topliss-reactive ketones (excluding diaryl/α,β-unsaturated/α-hetero) is 1. The van der Waals surface area contributed by atoms with Crippen molar-refractivity contribution in [1.29, 1.82) is 0 Å². The summed E-state index contributed by atoms with van der Waals surface area (Å²) < 4.78 is 6.36. The van der Waals surface area contributed by atoms with Gasteiger partial charge in [0.1, 0.15) is 5.78 Å². The second-order valence-electron chi connectivity index (χ2n) is 8.99. The van der Waals surface area contributed by atoms with Gasteiger partial charge in [-0.1, -0.05) is 35.9 Å². The fraction of sp³-hybridized carbons (Fsp3) is 0.708. The van der Waals surface area contributed by atoms with Crippen LogP contribution in [0.2, 0.25) is 0 Å². The first kappa shape index (κ1) is 22.6. The molecule has 0 aromatic rings. The Kier molecular flexibility index (Phi) is 6.99. The molecule has 0 aliphatic heterocycles. The summed E-state index contributed by atoms with van der Waals surface area (Å²) in [5.74, 6) is 2.73. The third-order valence-electron chi connectivity index (χ3n) is 7.12. The summed E-state index contributed by atoms with van der Waals surface area (Å²) in [7, 11) is 3.84. The maximum atomic E-state index is 12.4. The highest BCUT2D eigenvalue weighted by molar-refractivity contribution is 9.11. The highest BCUT2D eigenvalue weighted by Crippen LogP contribution is 2.65. The number of methoxy groups -OCH3 is 1. The Labute approximate surface area is 184 Å². The van der Waals surface area contributed by atoms with Crippen LogP contribution in [0.5, 0.6) is 0 Å². The van der Waals surface area contributed by atoms with Crippen LogP contribution in [-0.2, 0) is 9.53 Å². The highest BCUT2D eigenvalue weighted by atomic mass is 79.9. The summed E-state index contributed by atoms with van der Waals surface area (Å²) in [6.45, 7) is 7.08. The molecule has 4 nitrogen and oxygen atoms in total. The highest BCUT2D eigenvalue weighted by Gasteiger charge is 2.62. The molecule has 0 heterocycles. The summed E-state index contributed by atoms with van der Waals surface area (Å²) >= 11 is 3.42. The summed E-state index contributed by atoms with van der Waals surface area (Å²) in [5, 5.41) is 11.1. The average Bonchev–Trinajstić information content (AvgIpc) is 3.35. The molecule has 4 aliphatic carbocycles. The van der Waals surface area contributed by atoms with Crippen LogP contribution in [0.3, 0.4) is 0 Å². The number of halogens is 1. The van der Waals surface area contributed by atoms with Crippen LogP contribution in [0, 0.1) is 23.2 Å². The summed E-state index contributed by atoms with van der Waals surface area (Å²) in [6.07, 6.45) is 9.93. The van der Waals surface area contributed by atoms with Gasteiger partial charge in [0, 0.05) is 36.4 Å². The van der Waals surface area contributed by atoms with Crippen molar-refractivity contribution in [3.63, 3.8) is 0 Å². The zero-order valence-corrected chi connectivity index (χ0v) is 20.1. The topological polar surface area (TPSA) is 49.8 Å². The molecule has 3 unspecified atom stereocenters. The first-order valence-corrected chi connectivity index (χ1v) is 11.9. The molecule has 0 aromatic carbocycles. The van der Waals surface area contributed by atoms with Crippen molar-refractivity contribution in [3.05, 3.63) is 33.7 Å². The van der Waals surface area contributed by atoms with Crippen molar-refractivity contribution >= 4 is 21.7 Å². The fourth-order valence-corrected chi connectivity index (χ4v) is 6.19. The van der Waals surface area contributed by atoms with Gasteiger partial charge >= 0.3 is 0 Å². The van der Waals surface area contributed by atoms with Crippen LogP contribution in [-0.4, -0.2) is 42.5 Å². The molecule has 29 heavy (non-hydrogen) atoms. The van der Waals surface area contributed by atoms with Crippen molar-refractivity contribution in [2.75, 3.05) is 20.7 Å². The van der Waals surface area contributed by atoms with Crippen molar-refractivity contribution in [2.24, 2.45) is 23.2 Å². The summed E-state index contributed by atoms with van der Waals surface area (Å²) in [6, 6.07) is 0.495. The lowest BCUT2D eigenvalue weighted by atomic mass is 9.62. The van der Waals surface area contributed by atoms with Gasteiger partial charge in [-0.15, -0.1) is 0 Å². The van der Waals surface area contributed by atoms with Gasteiger partial charge in [-0.25, -0.2) is 0 Å². The molecule has 2 bridgehead atoms. The minimum atomic E-state index is -0.218. The normalized spacial score (nSPS) is 34.3. The monoisotopic (exact) mass is 465 g/mol. The number of ketones is 1. The predicted octanol–water partition coefficient (Wildman–Crippen LogP) is 5.75. The molecule has 4 rings (SSSR count). The number of aliphatic hydroxyl groups is 1. The van der Waals surface area contributed by atoms with E-state index in [2.05, 4.69) is 34.0 Å². The van der Waals surface area contributed by atoms with Gasteiger partial charge < -0.3 is 14.7 Å². The first-order valence-electron chi connectivity index (χ1n) is 11.1. The molecule has 3 saturated carbocycles. The minimum absolute atomic E-state index is 0.210. The van der Waals surface area contributed by atoms with Gasteiger partial charge in [-0.2, -0.15) is 0 Å². The molecule has 4 atom stereocenters. The van der Waals surface area contributed by atoms with E-state index in [1.807, 2.05) is 20.8 Å². The summed E-state index contributed by atoms with van der Waals surface area (Å²) in [5.41, 5.74) is 0.730. The Morgan fingerprint density at radius 1 is 1.38 bits per heavy atom. The SMILES string of the molecule is CC.COC(/C=C(\C)Br)=C(\O)C1=CC2C[C@]13CC(=O)CCC3C2N(C)CC1CC1. The predicted molar refractivity (Wildman–Crippen MR) is 121 cm³/mol. The van der Waals surface area contributed by atoms with Crippen LogP contribution in [0.1, 0.15) is 59.3 Å². The Bertz CT molecular complexity index is 732. The molecular formula is C24H36BrNO3. The zero-order chi connectivity index (χ0) is 21.3. The standard InChI is InChI=1S/C22H30BrNO3.C2H6/c1-13(23)8-19(27-3)21(26)18-9-15-10-22(18)11-16(25)6-7-17(22)20(15)24(2)12-14-4-5-14;1-2/h8-9,14-15,17,20,26H,4-7,10-12H2,1-3H3;1-2H3/b13-8+,21-19-;/t15?,17?,20?,22-;/m1./s1. The lowest BCUT2D eigenvalue weighted by molar-refractivity contribution is -0.124. The molecular weight excluding hydrogens is 430 g/mol. The van der Waals surface area contributed by atoms with E-state index in [4.69, 9.17) is 4.74 Å². The lowest BCUT2D eigenvalue weighted by Gasteiger charge is -2.45. The third-order valence-corrected chi connectivity index (χ3v) is 7.34. The molecule has 4 aliphatic rings. The van der Waals surface area contributed by atoms with Crippen LogP contribution in [0.15, 0.2) is 33.7 Å². The van der Waals surface area contributed by atoms with Gasteiger partial charge in [-0.05, 0) is 68.0 Å². The number of hydrogen-bond donors (Lipinski definition) is 1. The molecule has 1 spiro atoms. The molecule has 0 saturated heterocycles. The minimum Gasteiger partial charge on any atom is -0.504 e. The van der Waals surface area contributed by atoms with Gasteiger partial charge in [-0.3, -0.25) is 4.79 Å². The number of allylic oxidation sites excluding steroid dienone is 3. The van der Waals surface area contributed by atoms with E-state index in [0.717, 1.165) is 28.8 Å². The molecule has 0 amide bonds. The van der Waals surface area contributed by atoms with E-state index in [-0.39, 0.29) is 11.2 Å². The van der Waals surface area contributed by atoms with E-state index >= 15 is 0 Å². The molecule has 1 N–H and O–H groups in total. The van der Waals surface area contributed by atoms with Gasteiger partial charge in [0.25, 0.3) is 0 Å². The Morgan fingerprint density at radius 3 is 2.66 bits per heavy atom. The third kappa shape index (κ3) is 4.23. The van der Waals surface area contributed by atoms with Crippen LogP contribution < -0.4 is 0 Å². The van der Waals surface area contributed by atoms with Crippen LogP contribution in [0.25, 0.3) is 0 Å². The number of aliphatic hydroxyl groups excluding tert-OH is 1. The number of carbonyl (C=O) groups excluding carboxylic acids is 1. The number of ether oxygens (including phenoxy) is 1. The second kappa shape index (κ2) is 8.97. The van der Waals surface area contributed by atoms with Gasteiger partial charge in [0.2, 0.25) is 0 Å². The number of nitrogens with zero attached hydrogens (tertiary/aromatic N) is 1. The van der Waals surface area contributed by atoms with Gasteiger partial charge in [0.15, 0.2) is 11.5 Å². The summed E-state index contributed by atoms with van der Waals surface area (Å²) in [4.78, 5) is 15.0. The first-order chi connectivity index (χ1) is 13.9. The lowest BCUT2D eigenvalue weighted by Crippen LogP contribution is -2.48. The quantitative estimate of drug-likeness (QED) is 0.400.